The fourth-order valence-corrected chi connectivity index (χ4v) is 1.28. The molecule has 90 valence electrons. The summed E-state index contributed by atoms with van der Waals surface area (Å²) in [7, 11) is 0. The Morgan fingerprint density at radius 1 is 1.47 bits per heavy atom. The smallest absolute Gasteiger partial charge is 0.251 e. The molecule has 0 aromatic heterocycles. The minimum Gasteiger partial charge on any atom is -0.352 e. The molecule has 0 fully saturated rings. The monoisotopic (exact) mass is 230 g/mol. The molecule has 0 spiro atoms. The van der Waals surface area contributed by atoms with Crippen molar-refractivity contribution in [3.8, 4) is 6.07 Å². The molecule has 3 heteroatoms. The van der Waals surface area contributed by atoms with Crippen molar-refractivity contribution in [3.63, 3.8) is 0 Å². The van der Waals surface area contributed by atoms with Crippen molar-refractivity contribution >= 4 is 5.91 Å². The van der Waals surface area contributed by atoms with Gasteiger partial charge in [0.05, 0.1) is 11.6 Å². The predicted molar refractivity (Wildman–Crippen MR) is 67.6 cm³/mol. The molecule has 17 heavy (non-hydrogen) atoms. The lowest BCUT2D eigenvalue weighted by atomic mass is 9.90. The van der Waals surface area contributed by atoms with Crippen molar-refractivity contribution < 1.29 is 4.79 Å². The first-order valence-electron chi connectivity index (χ1n) is 5.77. The lowest BCUT2D eigenvalue weighted by molar-refractivity contribution is 0.0935. The molecule has 0 aliphatic rings. The van der Waals surface area contributed by atoms with Crippen LogP contribution in [-0.2, 0) is 0 Å². The highest BCUT2D eigenvalue weighted by Crippen LogP contribution is 2.17. The molecule has 3 nitrogen and oxygen atoms in total. The fourth-order valence-electron chi connectivity index (χ4n) is 1.28. The highest BCUT2D eigenvalue weighted by atomic mass is 16.1. The standard InChI is InChI=1S/C14H18N2O/c1-4-14(2,3)10-16-13(17)12-7-5-6-11(8-12)9-15/h5-8H,4,10H2,1-3H3,(H,16,17). The summed E-state index contributed by atoms with van der Waals surface area (Å²) in [5.41, 5.74) is 1.14. The van der Waals surface area contributed by atoms with E-state index in [9.17, 15) is 4.79 Å². The minimum absolute atomic E-state index is 0.0997. The number of nitrogens with zero attached hydrogens (tertiary/aromatic N) is 1. The molecule has 0 heterocycles. The predicted octanol–water partition coefficient (Wildman–Crippen LogP) is 2.72. The van der Waals surface area contributed by atoms with Crippen LogP contribution in [0.15, 0.2) is 24.3 Å². The Morgan fingerprint density at radius 3 is 2.76 bits per heavy atom. The van der Waals surface area contributed by atoms with E-state index >= 15 is 0 Å². The second-order valence-corrected chi connectivity index (χ2v) is 4.89. The normalized spacial score (nSPS) is 10.7. The average molecular weight is 230 g/mol. The summed E-state index contributed by atoms with van der Waals surface area (Å²) >= 11 is 0. The molecular formula is C14H18N2O. The second-order valence-electron chi connectivity index (χ2n) is 4.89. The lowest BCUT2D eigenvalue weighted by Gasteiger charge is -2.22. The molecule has 0 saturated heterocycles. The van der Waals surface area contributed by atoms with E-state index in [1.807, 2.05) is 6.07 Å². The molecule has 1 rings (SSSR count). The first-order valence-corrected chi connectivity index (χ1v) is 5.77. The zero-order valence-electron chi connectivity index (χ0n) is 10.6. The Morgan fingerprint density at radius 2 is 2.18 bits per heavy atom. The number of hydrogen-bond donors (Lipinski definition) is 1. The summed E-state index contributed by atoms with van der Waals surface area (Å²) in [4.78, 5) is 11.9. The third kappa shape index (κ3) is 3.92. The van der Waals surface area contributed by atoms with Crippen LogP contribution in [0.5, 0.6) is 0 Å². The van der Waals surface area contributed by atoms with E-state index in [4.69, 9.17) is 5.26 Å². The molecule has 1 amide bonds. The maximum absolute atomic E-state index is 11.9. The van der Waals surface area contributed by atoms with Crippen LogP contribution in [0.4, 0.5) is 0 Å². The van der Waals surface area contributed by atoms with Gasteiger partial charge in [-0.15, -0.1) is 0 Å². The van der Waals surface area contributed by atoms with Crippen molar-refractivity contribution in [1.82, 2.24) is 5.32 Å². The Bertz CT molecular complexity index is 444. The second kappa shape index (κ2) is 5.49. The minimum atomic E-state index is -0.122. The van der Waals surface area contributed by atoms with Crippen LogP contribution in [-0.4, -0.2) is 12.5 Å². The fraction of sp³-hybridized carbons (Fsp3) is 0.429. The zero-order valence-corrected chi connectivity index (χ0v) is 10.6. The maximum Gasteiger partial charge on any atom is 0.251 e. The lowest BCUT2D eigenvalue weighted by Crippen LogP contribution is -2.33. The molecular weight excluding hydrogens is 212 g/mol. The number of carbonyl (C=O) groups excluding carboxylic acids is 1. The molecule has 0 aliphatic carbocycles. The van der Waals surface area contributed by atoms with Gasteiger partial charge in [0, 0.05) is 12.1 Å². The zero-order chi connectivity index (χ0) is 12.9. The summed E-state index contributed by atoms with van der Waals surface area (Å²) < 4.78 is 0. The van der Waals surface area contributed by atoms with E-state index in [-0.39, 0.29) is 11.3 Å². The van der Waals surface area contributed by atoms with Crippen molar-refractivity contribution in [2.75, 3.05) is 6.54 Å². The van der Waals surface area contributed by atoms with E-state index in [2.05, 4.69) is 26.1 Å². The summed E-state index contributed by atoms with van der Waals surface area (Å²) in [5, 5.41) is 11.7. The van der Waals surface area contributed by atoms with Crippen LogP contribution in [0, 0.1) is 16.7 Å². The van der Waals surface area contributed by atoms with E-state index in [1.165, 1.54) is 0 Å². The highest BCUT2D eigenvalue weighted by molar-refractivity contribution is 5.94. The molecule has 1 N–H and O–H groups in total. The Balaban J connectivity index is 2.68. The van der Waals surface area contributed by atoms with Crippen LogP contribution in [0.2, 0.25) is 0 Å². The van der Waals surface area contributed by atoms with Crippen LogP contribution < -0.4 is 5.32 Å². The third-order valence-corrected chi connectivity index (χ3v) is 2.94. The van der Waals surface area contributed by atoms with Crippen molar-refractivity contribution in [2.24, 2.45) is 5.41 Å². The van der Waals surface area contributed by atoms with E-state index in [1.54, 1.807) is 24.3 Å². The molecule has 0 unspecified atom stereocenters. The summed E-state index contributed by atoms with van der Waals surface area (Å²) in [6, 6.07) is 8.76. The van der Waals surface area contributed by atoms with Gasteiger partial charge < -0.3 is 5.32 Å². The van der Waals surface area contributed by atoms with Crippen LogP contribution in [0.1, 0.15) is 43.1 Å². The number of nitrogens with one attached hydrogen (secondary N) is 1. The van der Waals surface area contributed by atoms with Gasteiger partial charge in [0.25, 0.3) is 5.91 Å². The molecule has 0 atom stereocenters. The van der Waals surface area contributed by atoms with Gasteiger partial charge in [-0.25, -0.2) is 0 Å². The number of rotatable bonds is 4. The van der Waals surface area contributed by atoms with Crippen molar-refractivity contribution in [2.45, 2.75) is 27.2 Å². The largest absolute Gasteiger partial charge is 0.352 e. The van der Waals surface area contributed by atoms with Gasteiger partial charge in [-0.05, 0) is 30.0 Å². The quantitative estimate of drug-likeness (QED) is 0.864. The molecule has 0 aliphatic heterocycles. The van der Waals surface area contributed by atoms with Crippen LogP contribution >= 0.6 is 0 Å². The first kappa shape index (κ1) is 13.2. The van der Waals surface area contributed by atoms with Crippen molar-refractivity contribution in [1.29, 1.82) is 5.26 Å². The third-order valence-electron chi connectivity index (χ3n) is 2.94. The van der Waals surface area contributed by atoms with Gasteiger partial charge in [0.2, 0.25) is 0 Å². The molecule has 0 bridgehead atoms. The summed E-state index contributed by atoms with van der Waals surface area (Å²) in [6.45, 7) is 6.96. The SMILES string of the molecule is CCC(C)(C)CNC(=O)c1cccc(C#N)c1. The first-order chi connectivity index (χ1) is 7.98. The number of carbonyl (C=O) groups is 1. The van der Waals surface area contributed by atoms with E-state index < -0.39 is 0 Å². The van der Waals surface area contributed by atoms with Gasteiger partial charge >= 0.3 is 0 Å². The number of hydrogen-bond acceptors (Lipinski definition) is 2. The summed E-state index contributed by atoms with van der Waals surface area (Å²) in [5.74, 6) is -0.122. The van der Waals surface area contributed by atoms with Gasteiger partial charge in [0.1, 0.15) is 0 Å². The van der Waals surface area contributed by atoms with Crippen LogP contribution in [0.3, 0.4) is 0 Å². The van der Waals surface area contributed by atoms with Crippen LogP contribution in [0.25, 0.3) is 0 Å². The van der Waals surface area contributed by atoms with Gasteiger partial charge in [-0.3, -0.25) is 4.79 Å². The molecule has 0 saturated carbocycles. The molecule has 1 aromatic carbocycles. The Hall–Kier alpha value is -1.82. The highest BCUT2D eigenvalue weighted by Gasteiger charge is 2.16. The van der Waals surface area contributed by atoms with Gasteiger partial charge in [-0.2, -0.15) is 5.26 Å². The molecule has 1 aromatic rings. The number of nitriles is 1. The number of amides is 1. The average Bonchev–Trinajstić information content (AvgIpc) is 2.36. The van der Waals surface area contributed by atoms with E-state index in [0.29, 0.717) is 17.7 Å². The summed E-state index contributed by atoms with van der Waals surface area (Å²) in [6.07, 6.45) is 1.01. The van der Waals surface area contributed by atoms with Gasteiger partial charge in [-0.1, -0.05) is 26.8 Å². The van der Waals surface area contributed by atoms with Crippen molar-refractivity contribution in [3.05, 3.63) is 35.4 Å². The number of benzene rings is 1. The Kier molecular flexibility index (Phi) is 4.28. The molecule has 0 radical (unpaired) electrons. The topological polar surface area (TPSA) is 52.9 Å². The van der Waals surface area contributed by atoms with Gasteiger partial charge in [0.15, 0.2) is 0 Å². The Labute approximate surface area is 102 Å². The van der Waals surface area contributed by atoms with E-state index in [0.717, 1.165) is 6.42 Å². The maximum atomic E-state index is 11.9.